The van der Waals surface area contributed by atoms with Crippen LogP contribution in [0.5, 0.6) is 40.2 Å². The van der Waals surface area contributed by atoms with Crippen LogP contribution >= 0.6 is 0 Å². The third-order valence-electron chi connectivity index (χ3n) is 5.99. The summed E-state index contributed by atoms with van der Waals surface area (Å²) in [4.78, 5) is 10.9. The van der Waals surface area contributed by atoms with Crippen LogP contribution in [0.4, 0.5) is 0 Å². The molecule has 4 aromatic carbocycles. The summed E-state index contributed by atoms with van der Waals surface area (Å²) in [5.41, 5.74) is 3.21. The largest absolute Gasteiger partial charge is 0.497 e. The molecule has 4 rings (SSSR count). The molecule has 0 saturated carbocycles. The van der Waals surface area contributed by atoms with E-state index in [1.807, 2.05) is 54.6 Å². The van der Waals surface area contributed by atoms with E-state index in [1.165, 1.54) is 0 Å². The van der Waals surface area contributed by atoms with Crippen LogP contribution in [0.2, 0.25) is 0 Å². The van der Waals surface area contributed by atoms with E-state index in [9.17, 15) is 4.79 Å². The van der Waals surface area contributed by atoms with Gasteiger partial charge in [0.2, 0.25) is 0 Å². The van der Waals surface area contributed by atoms with E-state index in [0.29, 0.717) is 45.8 Å². The van der Waals surface area contributed by atoms with E-state index in [2.05, 4.69) is 0 Å². The second kappa shape index (κ2) is 13.8. The van der Waals surface area contributed by atoms with Crippen LogP contribution in [0.3, 0.4) is 0 Å². The third-order valence-corrected chi connectivity index (χ3v) is 5.99. The molecule has 0 heterocycles. The van der Waals surface area contributed by atoms with Crippen molar-refractivity contribution in [3.8, 4) is 40.2 Å². The summed E-state index contributed by atoms with van der Waals surface area (Å²) in [5, 5.41) is 0. The summed E-state index contributed by atoms with van der Waals surface area (Å²) in [5.74, 6) is 4.58. The SMILES string of the molecule is COc1cc(COc2cc(COc3ccc(C=O)cc3)cc(OCc3cc(OC)cc(OC)c3)c2)cc(OC)c1. The summed E-state index contributed by atoms with van der Waals surface area (Å²) in [6.07, 6.45) is 0.796. The number of hydrogen-bond acceptors (Lipinski definition) is 8. The fourth-order valence-corrected chi connectivity index (χ4v) is 3.92. The highest BCUT2D eigenvalue weighted by Crippen LogP contribution is 2.29. The first kappa shape index (κ1) is 28.2. The van der Waals surface area contributed by atoms with Crippen molar-refractivity contribution in [3.63, 3.8) is 0 Å². The van der Waals surface area contributed by atoms with Crippen LogP contribution in [0, 0.1) is 0 Å². The molecule has 208 valence electrons. The van der Waals surface area contributed by atoms with Crippen LogP contribution in [0.25, 0.3) is 0 Å². The Morgan fingerprint density at radius 3 is 1.12 bits per heavy atom. The molecule has 0 unspecified atom stereocenters. The first-order valence-electron chi connectivity index (χ1n) is 12.5. The van der Waals surface area contributed by atoms with Gasteiger partial charge in [-0.25, -0.2) is 0 Å². The van der Waals surface area contributed by atoms with Gasteiger partial charge in [0.1, 0.15) is 66.4 Å². The number of hydrogen-bond donors (Lipinski definition) is 0. The fraction of sp³-hybridized carbons (Fsp3) is 0.219. The molecule has 0 aliphatic rings. The van der Waals surface area contributed by atoms with E-state index >= 15 is 0 Å². The molecule has 0 saturated heterocycles. The van der Waals surface area contributed by atoms with Crippen LogP contribution < -0.4 is 33.2 Å². The molecule has 0 bridgehead atoms. The quantitative estimate of drug-likeness (QED) is 0.172. The van der Waals surface area contributed by atoms with Gasteiger partial charge in [0, 0.05) is 23.8 Å². The number of benzene rings is 4. The number of methoxy groups -OCH3 is 4. The third kappa shape index (κ3) is 7.83. The molecule has 4 aromatic rings. The maximum absolute atomic E-state index is 10.9. The number of carbonyl (C=O) groups is 1. The highest BCUT2D eigenvalue weighted by Gasteiger charge is 2.09. The van der Waals surface area contributed by atoms with Crippen LogP contribution in [0.15, 0.2) is 78.9 Å². The van der Waals surface area contributed by atoms with Crippen LogP contribution in [-0.2, 0) is 19.8 Å². The number of aldehydes is 1. The Bertz CT molecular complexity index is 1290. The molecule has 0 aliphatic carbocycles. The van der Waals surface area contributed by atoms with Gasteiger partial charge in [0.25, 0.3) is 0 Å². The predicted molar refractivity (Wildman–Crippen MR) is 150 cm³/mol. The van der Waals surface area contributed by atoms with Gasteiger partial charge in [0.15, 0.2) is 0 Å². The second-order valence-electron chi connectivity index (χ2n) is 8.81. The molecule has 0 spiro atoms. The fourth-order valence-electron chi connectivity index (χ4n) is 3.92. The molecule has 0 aliphatic heterocycles. The zero-order valence-corrected chi connectivity index (χ0v) is 23.0. The van der Waals surface area contributed by atoms with Crippen molar-refractivity contribution in [3.05, 3.63) is 101 Å². The molecule has 8 nitrogen and oxygen atoms in total. The van der Waals surface area contributed by atoms with Gasteiger partial charge in [0.05, 0.1) is 28.4 Å². The number of carbonyl (C=O) groups excluding carboxylic acids is 1. The Hall–Kier alpha value is -4.85. The minimum atomic E-state index is 0.272. The predicted octanol–water partition coefficient (Wildman–Crippen LogP) is 6.27. The highest BCUT2D eigenvalue weighted by molar-refractivity contribution is 5.74. The maximum atomic E-state index is 10.9. The lowest BCUT2D eigenvalue weighted by molar-refractivity contribution is 0.112. The normalized spacial score (nSPS) is 10.4. The smallest absolute Gasteiger partial charge is 0.150 e. The lowest BCUT2D eigenvalue weighted by Crippen LogP contribution is -2.02. The van der Waals surface area contributed by atoms with Gasteiger partial charge in [-0.05, 0) is 77.4 Å². The van der Waals surface area contributed by atoms with Gasteiger partial charge >= 0.3 is 0 Å². The summed E-state index contributed by atoms with van der Waals surface area (Å²) < 4.78 is 39.8. The van der Waals surface area contributed by atoms with Gasteiger partial charge in [-0.2, -0.15) is 0 Å². The monoisotopic (exact) mass is 544 g/mol. The zero-order valence-electron chi connectivity index (χ0n) is 23.0. The summed E-state index contributed by atoms with van der Waals surface area (Å²) >= 11 is 0. The van der Waals surface area contributed by atoms with Gasteiger partial charge < -0.3 is 33.2 Å². The zero-order chi connectivity index (χ0) is 28.3. The van der Waals surface area contributed by atoms with E-state index in [4.69, 9.17) is 33.2 Å². The molecule has 0 N–H and O–H groups in total. The van der Waals surface area contributed by atoms with Crippen molar-refractivity contribution in [2.75, 3.05) is 28.4 Å². The molecular weight excluding hydrogens is 512 g/mol. The Labute approximate surface area is 233 Å². The maximum Gasteiger partial charge on any atom is 0.150 e. The van der Waals surface area contributed by atoms with Gasteiger partial charge in [-0.1, -0.05) is 0 Å². The van der Waals surface area contributed by atoms with E-state index in [-0.39, 0.29) is 19.8 Å². The Morgan fingerprint density at radius 2 is 0.775 bits per heavy atom. The Morgan fingerprint density at radius 1 is 0.450 bits per heavy atom. The minimum absolute atomic E-state index is 0.272. The number of rotatable bonds is 14. The molecule has 0 amide bonds. The average molecular weight is 545 g/mol. The topological polar surface area (TPSA) is 81.7 Å². The highest BCUT2D eigenvalue weighted by atomic mass is 16.5. The molecular formula is C32H32O8. The van der Waals surface area contributed by atoms with Crippen LogP contribution in [0.1, 0.15) is 27.0 Å². The molecule has 8 heteroatoms. The Kier molecular flexibility index (Phi) is 9.72. The van der Waals surface area contributed by atoms with Gasteiger partial charge in [-0.3, -0.25) is 4.79 Å². The van der Waals surface area contributed by atoms with Crippen LogP contribution in [-0.4, -0.2) is 34.7 Å². The molecule has 0 atom stereocenters. The van der Waals surface area contributed by atoms with E-state index < -0.39 is 0 Å². The van der Waals surface area contributed by atoms with E-state index in [0.717, 1.165) is 23.0 Å². The second-order valence-corrected chi connectivity index (χ2v) is 8.81. The minimum Gasteiger partial charge on any atom is -0.497 e. The first-order chi connectivity index (χ1) is 19.5. The van der Waals surface area contributed by atoms with Crippen molar-refractivity contribution < 1.29 is 38.0 Å². The molecule has 0 aromatic heterocycles. The van der Waals surface area contributed by atoms with Crippen molar-refractivity contribution in [1.82, 2.24) is 0 Å². The lowest BCUT2D eigenvalue weighted by atomic mass is 10.2. The summed E-state index contributed by atoms with van der Waals surface area (Å²) in [6, 6.07) is 23.8. The lowest BCUT2D eigenvalue weighted by Gasteiger charge is -2.15. The first-order valence-corrected chi connectivity index (χ1v) is 12.5. The van der Waals surface area contributed by atoms with Crippen molar-refractivity contribution in [1.29, 1.82) is 0 Å². The molecule has 0 fully saturated rings. The molecule has 0 radical (unpaired) electrons. The molecule has 40 heavy (non-hydrogen) atoms. The standard InChI is InChI=1S/C32H32O8/c1-34-27-9-23(10-28(15-27)35-2)20-39-31-13-25(19-38-26-7-5-22(18-33)6-8-26)14-32(17-31)40-21-24-11-29(36-3)16-30(12-24)37-4/h5-18H,19-21H2,1-4H3. The van der Waals surface area contributed by atoms with Crippen molar-refractivity contribution >= 4 is 6.29 Å². The summed E-state index contributed by atoms with van der Waals surface area (Å²) in [6.45, 7) is 0.850. The van der Waals surface area contributed by atoms with E-state index in [1.54, 1.807) is 52.7 Å². The van der Waals surface area contributed by atoms with Crippen molar-refractivity contribution in [2.24, 2.45) is 0 Å². The van der Waals surface area contributed by atoms with Crippen molar-refractivity contribution in [2.45, 2.75) is 19.8 Å². The average Bonchev–Trinajstić information content (AvgIpc) is 3.01. The number of ether oxygens (including phenoxy) is 7. The summed E-state index contributed by atoms with van der Waals surface area (Å²) in [7, 11) is 6.43. The Balaban J connectivity index is 1.54. The van der Waals surface area contributed by atoms with Gasteiger partial charge in [-0.15, -0.1) is 0 Å².